The Morgan fingerprint density at radius 3 is 2.64 bits per heavy atom. The molecule has 0 aliphatic rings. The minimum Gasteiger partial charge on any atom is -0.347 e. The van der Waals surface area contributed by atoms with Gasteiger partial charge in [0.2, 0.25) is 0 Å². The minimum atomic E-state index is -0.339. The number of nitrogens with one attached hydrogen (secondary N) is 1. The number of carbonyl (C=O) groups excluding carboxylic acids is 1. The first-order valence-corrected chi connectivity index (χ1v) is 6.99. The minimum absolute atomic E-state index is 0.210. The Morgan fingerprint density at radius 1 is 1.27 bits per heavy atom. The average molecular weight is 296 g/mol. The van der Waals surface area contributed by atoms with Crippen LogP contribution in [0.4, 0.5) is 0 Å². The first kappa shape index (κ1) is 15.4. The summed E-state index contributed by atoms with van der Waals surface area (Å²) in [5.74, 6) is -0.339. The number of nitrogens with zero attached hydrogens (tertiary/aromatic N) is 3. The molecule has 0 saturated heterocycles. The monoisotopic (exact) mass is 296 g/mol. The van der Waals surface area contributed by atoms with Gasteiger partial charge in [0.15, 0.2) is 0 Å². The Labute approximate surface area is 128 Å². The van der Waals surface area contributed by atoms with Crippen molar-refractivity contribution in [1.82, 2.24) is 15.1 Å². The second-order valence-electron chi connectivity index (χ2n) is 4.77. The Morgan fingerprint density at radius 2 is 2.00 bits per heavy atom. The lowest BCUT2D eigenvalue weighted by Gasteiger charge is -2.07. The Hall–Kier alpha value is -2.94. The fourth-order valence-corrected chi connectivity index (χ4v) is 1.91. The van der Waals surface area contributed by atoms with Crippen LogP contribution in [0.1, 0.15) is 35.0 Å². The van der Waals surface area contributed by atoms with Crippen molar-refractivity contribution in [3.05, 3.63) is 63.6 Å². The lowest BCUT2D eigenvalue weighted by atomic mass is 10.1. The lowest BCUT2D eigenvalue weighted by molar-refractivity contribution is 0.0943. The first-order valence-electron chi connectivity index (χ1n) is 6.99. The third-order valence-corrected chi connectivity index (χ3v) is 3.07. The van der Waals surface area contributed by atoms with E-state index in [1.807, 2.05) is 13.0 Å². The van der Waals surface area contributed by atoms with Gasteiger partial charge in [0.25, 0.3) is 11.5 Å². The largest absolute Gasteiger partial charge is 0.347 e. The summed E-state index contributed by atoms with van der Waals surface area (Å²) in [6.07, 6.45) is 0.767. The van der Waals surface area contributed by atoms with Crippen molar-refractivity contribution in [2.75, 3.05) is 0 Å². The van der Waals surface area contributed by atoms with Crippen LogP contribution in [0.2, 0.25) is 0 Å². The van der Waals surface area contributed by atoms with E-state index in [2.05, 4.69) is 10.4 Å². The number of benzene rings is 1. The van der Waals surface area contributed by atoms with E-state index in [9.17, 15) is 9.59 Å². The van der Waals surface area contributed by atoms with Crippen molar-refractivity contribution in [3.8, 4) is 6.07 Å². The molecule has 2 aromatic rings. The predicted molar refractivity (Wildman–Crippen MR) is 81.1 cm³/mol. The number of aryl methyl sites for hydroxylation is 1. The maximum absolute atomic E-state index is 12.1. The Balaban J connectivity index is 2.04. The molecule has 1 aromatic heterocycles. The van der Waals surface area contributed by atoms with Crippen LogP contribution in [-0.2, 0) is 13.1 Å². The van der Waals surface area contributed by atoms with Crippen LogP contribution in [0.15, 0.2) is 41.2 Å². The molecule has 6 heteroatoms. The van der Waals surface area contributed by atoms with Crippen molar-refractivity contribution >= 4 is 5.91 Å². The van der Waals surface area contributed by atoms with Gasteiger partial charge in [-0.25, -0.2) is 4.68 Å². The predicted octanol–water partition coefficient (Wildman–Crippen LogP) is 1.45. The third-order valence-electron chi connectivity index (χ3n) is 3.07. The van der Waals surface area contributed by atoms with Gasteiger partial charge in [0, 0.05) is 19.2 Å². The van der Waals surface area contributed by atoms with Crippen LogP contribution in [-0.4, -0.2) is 15.7 Å². The quantitative estimate of drug-likeness (QED) is 0.904. The topological polar surface area (TPSA) is 87.8 Å². The highest BCUT2D eigenvalue weighted by atomic mass is 16.2. The van der Waals surface area contributed by atoms with Crippen molar-refractivity contribution < 1.29 is 4.79 Å². The van der Waals surface area contributed by atoms with Crippen molar-refractivity contribution in [2.45, 2.75) is 26.4 Å². The zero-order chi connectivity index (χ0) is 15.9. The van der Waals surface area contributed by atoms with E-state index in [4.69, 9.17) is 5.26 Å². The molecule has 0 saturated carbocycles. The van der Waals surface area contributed by atoms with Gasteiger partial charge in [0.1, 0.15) is 5.69 Å². The van der Waals surface area contributed by atoms with Crippen molar-refractivity contribution in [1.29, 1.82) is 5.26 Å². The molecule has 0 bridgehead atoms. The van der Waals surface area contributed by atoms with Crippen molar-refractivity contribution in [2.24, 2.45) is 0 Å². The number of hydrogen-bond acceptors (Lipinski definition) is 4. The summed E-state index contributed by atoms with van der Waals surface area (Å²) in [6.45, 7) is 2.75. The molecule has 0 atom stereocenters. The molecule has 0 spiro atoms. The summed E-state index contributed by atoms with van der Waals surface area (Å²) in [5.41, 5.74) is 1.45. The number of carbonyl (C=O) groups is 1. The standard InChI is InChI=1S/C16H16N4O2/c1-2-9-20-15(21)8-7-14(19-20)16(22)18-11-13-5-3-12(10-17)4-6-13/h3-8H,2,9,11H2,1H3,(H,18,22). The zero-order valence-corrected chi connectivity index (χ0v) is 12.2. The number of amides is 1. The van der Waals surface area contributed by atoms with Gasteiger partial charge in [-0.2, -0.15) is 10.4 Å². The summed E-state index contributed by atoms with van der Waals surface area (Å²) >= 11 is 0. The van der Waals surface area contributed by atoms with Gasteiger partial charge < -0.3 is 5.32 Å². The summed E-state index contributed by atoms with van der Waals surface area (Å²) in [6, 6.07) is 11.8. The van der Waals surface area contributed by atoms with E-state index in [1.54, 1.807) is 24.3 Å². The summed E-state index contributed by atoms with van der Waals surface area (Å²) in [5, 5.41) is 15.5. The molecule has 0 aliphatic carbocycles. The molecule has 1 N–H and O–H groups in total. The molecule has 2 rings (SSSR count). The molecule has 0 radical (unpaired) electrons. The summed E-state index contributed by atoms with van der Waals surface area (Å²) in [4.78, 5) is 23.6. The van der Waals surface area contributed by atoms with Gasteiger partial charge in [-0.15, -0.1) is 0 Å². The van der Waals surface area contributed by atoms with E-state index in [0.29, 0.717) is 18.7 Å². The molecule has 0 aliphatic heterocycles. The molecule has 22 heavy (non-hydrogen) atoms. The fourth-order valence-electron chi connectivity index (χ4n) is 1.91. The third kappa shape index (κ3) is 3.79. The Bertz CT molecular complexity index is 757. The summed E-state index contributed by atoms with van der Waals surface area (Å²) < 4.78 is 1.29. The average Bonchev–Trinajstić information content (AvgIpc) is 2.55. The van der Waals surface area contributed by atoms with Crippen LogP contribution in [0.3, 0.4) is 0 Å². The van der Waals surface area contributed by atoms with Gasteiger partial charge in [-0.1, -0.05) is 19.1 Å². The SMILES string of the molecule is CCCn1nc(C(=O)NCc2ccc(C#N)cc2)ccc1=O. The fraction of sp³-hybridized carbons (Fsp3) is 0.250. The highest BCUT2D eigenvalue weighted by molar-refractivity contribution is 5.91. The molecule has 1 heterocycles. The molecule has 1 aromatic carbocycles. The van der Waals surface area contributed by atoms with E-state index >= 15 is 0 Å². The number of hydrogen-bond donors (Lipinski definition) is 1. The van der Waals surface area contributed by atoms with Crippen LogP contribution in [0, 0.1) is 11.3 Å². The molecule has 1 amide bonds. The first-order chi connectivity index (χ1) is 10.6. The van der Waals surface area contributed by atoms with Crippen LogP contribution < -0.4 is 10.9 Å². The second-order valence-corrected chi connectivity index (χ2v) is 4.77. The van der Waals surface area contributed by atoms with Crippen LogP contribution >= 0.6 is 0 Å². The normalized spacial score (nSPS) is 10.0. The van der Waals surface area contributed by atoms with Gasteiger partial charge in [0.05, 0.1) is 11.6 Å². The number of aromatic nitrogens is 2. The van der Waals surface area contributed by atoms with E-state index < -0.39 is 0 Å². The molecule has 6 nitrogen and oxygen atoms in total. The van der Waals surface area contributed by atoms with E-state index in [-0.39, 0.29) is 17.2 Å². The molecule has 0 unspecified atom stereocenters. The number of rotatable bonds is 5. The van der Waals surface area contributed by atoms with Crippen LogP contribution in [0.25, 0.3) is 0 Å². The van der Waals surface area contributed by atoms with Gasteiger partial charge >= 0.3 is 0 Å². The van der Waals surface area contributed by atoms with Crippen LogP contribution in [0.5, 0.6) is 0 Å². The van der Waals surface area contributed by atoms with Gasteiger partial charge in [-0.3, -0.25) is 9.59 Å². The zero-order valence-electron chi connectivity index (χ0n) is 12.2. The number of nitriles is 1. The molecule has 0 fully saturated rings. The maximum Gasteiger partial charge on any atom is 0.271 e. The lowest BCUT2D eigenvalue weighted by Crippen LogP contribution is -2.29. The molecular weight excluding hydrogens is 280 g/mol. The summed E-state index contributed by atoms with van der Waals surface area (Å²) in [7, 11) is 0. The van der Waals surface area contributed by atoms with E-state index in [1.165, 1.54) is 16.8 Å². The molecule has 112 valence electrons. The highest BCUT2D eigenvalue weighted by Crippen LogP contribution is 2.03. The molecular formula is C16H16N4O2. The second kappa shape index (κ2) is 7.18. The van der Waals surface area contributed by atoms with Crippen molar-refractivity contribution in [3.63, 3.8) is 0 Å². The van der Waals surface area contributed by atoms with E-state index in [0.717, 1.165) is 12.0 Å². The van der Waals surface area contributed by atoms with Gasteiger partial charge in [-0.05, 0) is 30.2 Å². The highest BCUT2D eigenvalue weighted by Gasteiger charge is 2.09. The smallest absolute Gasteiger partial charge is 0.271 e. The Kier molecular flexibility index (Phi) is 5.04. The maximum atomic E-state index is 12.1.